The van der Waals surface area contributed by atoms with Crippen LogP contribution in [0.1, 0.15) is 47.6 Å². The number of carbonyl (C=O) groups excluding carboxylic acids is 1. The number of rotatable bonds is 4. The lowest BCUT2D eigenvalue weighted by Gasteiger charge is -2.28. The Morgan fingerprint density at radius 1 is 1.19 bits per heavy atom. The number of halogens is 1. The molecule has 2 aliphatic rings. The molecule has 0 amide bonds. The first-order valence-corrected chi connectivity index (χ1v) is 9.92. The van der Waals surface area contributed by atoms with Gasteiger partial charge in [0.1, 0.15) is 5.78 Å². The zero-order valence-electron chi connectivity index (χ0n) is 15.2. The zero-order chi connectivity index (χ0) is 18.8. The molecular weight excluding hydrogens is 362 g/mol. The number of ether oxygens (including phenoxy) is 1. The van der Waals surface area contributed by atoms with Gasteiger partial charge in [0, 0.05) is 30.1 Å². The van der Waals surface area contributed by atoms with Crippen LogP contribution in [0, 0.1) is 0 Å². The predicted molar refractivity (Wildman–Crippen MR) is 106 cm³/mol. The summed E-state index contributed by atoms with van der Waals surface area (Å²) in [6, 6.07) is 12.4. The van der Waals surface area contributed by atoms with Gasteiger partial charge < -0.3 is 15.2 Å². The minimum Gasteiger partial charge on any atom is -0.394 e. The van der Waals surface area contributed by atoms with Gasteiger partial charge in [-0.3, -0.25) is 4.79 Å². The lowest BCUT2D eigenvalue weighted by atomic mass is 9.94. The van der Waals surface area contributed by atoms with Crippen LogP contribution in [0.2, 0.25) is 5.02 Å². The average molecular weight is 386 g/mol. The topological polar surface area (TPSA) is 58.6 Å². The highest BCUT2D eigenvalue weighted by Gasteiger charge is 2.28. The number of aryl methyl sites for hydroxylation is 1. The number of aliphatic hydroxyl groups excluding tert-OH is 1. The SMILES string of the molecule is O=C1C[C@@H](CO)O[C@@H](c2ccc(Cl)c(Cc3ccc4c(c3)NCCC4)c2)C1. The van der Waals surface area contributed by atoms with E-state index >= 15 is 0 Å². The Morgan fingerprint density at radius 3 is 2.93 bits per heavy atom. The molecule has 4 nitrogen and oxygen atoms in total. The molecule has 0 spiro atoms. The Kier molecular flexibility index (Phi) is 5.48. The molecule has 5 heteroatoms. The number of carbonyl (C=O) groups is 1. The number of ketones is 1. The van der Waals surface area contributed by atoms with E-state index in [9.17, 15) is 9.90 Å². The summed E-state index contributed by atoms with van der Waals surface area (Å²) in [7, 11) is 0. The van der Waals surface area contributed by atoms with Crippen molar-refractivity contribution in [2.24, 2.45) is 0 Å². The molecule has 2 N–H and O–H groups in total. The third-order valence-corrected chi connectivity index (χ3v) is 5.75. The summed E-state index contributed by atoms with van der Waals surface area (Å²) in [6.45, 7) is 0.885. The molecule has 0 aliphatic carbocycles. The standard InChI is InChI=1S/C22H24ClNO3/c23-20-6-5-16(22-12-18(26)11-19(13-25)27-22)10-17(20)8-14-3-4-15-2-1-7-24-21(15)9-14/h3-6,9-10,19,22,24-25H,1-2,7-8,11-13H2/t19-,22+/m0/s1. The molecule has 4 rings (SSSR count). The van der Waals surface area contributed by atoms with Crippen molar-refractivity contribution in [1.82, 2.24) is 0 Å². The summed E-state index contributed by atoms with van der Waals surface area (Å²) < 4.78 is 5.89. The molecule has 2 heterocycles. The van der Waals surface area contributed by atoms with Gasteiger partial charge in [-0.1, -0.05) is 35.9 Å². The largest absolute Gasteiger partial charge is 0.394 e. The molecule has 27 heavy (non-hydrogen) atoms. The summed E-state index contributed by atoms with van der Waals surface area (Å²) in [5.41, 5.74) is 5.76. The molecule has 0 aromatic heterocycles. The summed E-state index contributed by atoms with van der Waals surface area (Å²) in [5.74, 6) is 0.127. The second-order valence-corrected chi connectivity index (χ2v) is 7.83. The van der Waals surface area contributed by atoms with E-state index in [4.69, 9.17) is 16.3 Å². The maximum Gasteiger partial charge on any atom is 0.138 e. The third kappa shape index (κ3) is 4.18. The maximum atomic E-state index is 12.0. The fraction of sp³-hybridized carbons (Fsp3) is 0.409. The first-order chi connectivity index (χ1) is 13.1. The van der Waals surface area contributed by atoms with Crippen molar-refractivity contribution in [2.45, 2.75) is 44.3 Å². The molecule has 1 fully saturated rings. The van der Waals surface area contributed by atoms with E-state index in [1.54, 1.807) is 0 Å². The number of benzene rings is 2. The molecule has 2 aliphatic heterocycles. The average Bonchev–Trinajstić information content (AvgIpc) is 2.69. The Labute approximate surface area is 164 Å². The van der Waals surface area contributed by atoms with E-state index in [-0.39, 0.29) is 24.9 Å². The molecular formula is C22H24ClNO3. The van der Waals surface area contributed by atoms with Gasteiger partial charge in [0.25, 0.3) is 0 Å². The number of hydrogen-bond donors (Lipinski definition) is 2. The molecule has 0 bridgehead atoms. The van der Waals surface area contributed by atoms with Crippen molar-refractivity contribution in [1.29, 1.82) is 0 Å². The lowest BCUT2D eigenvalue weighted by Crippen LogP contribution is -2.30. The van der Waals surface area contributed by atoms with Crippen molar-refractivity contribution >= 4 is 23.1 Å². The van der Waals surface area contributed by atoms with Crippen LogP contribution >= 0.6 is 11.6 Å². The number of aliphatic hydroxyl groups is 1. The Hall–Kier alpha value is -1.88. The second kappa shape index (κ2) is 8.01. The van der Waals surface area contributed by atoms with E-state index in [1.807, 2.05) is 18.2 Å². The highest BCUT2D eigenvalue weighted by Crippen LogP contribution is 2.33. The minimum atomic E-state index is -0.415. The van der Waals surface area contributed by atoms with Gasteiger partial charge in [0.2, 0.25) is 0 Å². The van der Waals surface area contributed by atoms with Crippen molar-refractivity contribution < 1.29 is 14.6 Å². The molecule has 2 atom stereocenters. The van der Waals surface area contributed by atoms with E-state index in [0.29, 0.717) is 11.4 Å². The summed E-state index contributed by atoms with van der Waals surface area (Å²) in [6.07, 6.45) is 2.93. The highest BCUT2D eigenvalue weighted by atomic mass is 35.5. The van der Waals surface area contributed by atoms with Crippen molar-refractivity contribution in [3.63, 3.8) is 0 Å². The summed E-state index contributed by atoms with van der Waals surface area (Å²) in [5, 5.41) is 13.5. The van der Waals surface area contributed by atoms with Crippen LogP contribution in [0.15, 0.2) is 36.4 Å². The fourth-order valence-corrected chi connectivity index (χ4v) is 4.13. The fourth-order valence-electron chi connectivity index (χ4n) is 3.94. The monoisotopic (exact) mass is 385 g/mol. The first-order valence-electron chi connectivity index (χ1n) is 9.54. The van der Waals surface area contributed by atoms with Gasteiger partial charge in [0.15, 0.2) is 0 Å². The van der Waals surface area contributed by atoms with Crippen molar-refractivity contribution in [3.8, 4) is 0 Å². The van der Waals surface area contributed by atoms with Crippen LogP contribution in [-0.4, -0.2) is 30.1 Å². The Balaban J connectivity index is 1.56. The van der Waals surface area contributed by atoms with Crippen molar-refractivity contribution in [3.05, 3.63) is 63.7 Å². The van der Waals surface area contributed by atoms with Crippen LogP contribution in [0.25, 0.3) is 0 Å². The Morgan fingerprint density at radius 2 is 2.07 bits per heavy atom. The third-order valence-electron chi connectivity index (χ3n) is 5.38. The van der Waals surface area contributed by atoms with Crippen molar-refractivity contribution in [2.75, 3.05) is 18.5 Å². The second-order valence-electron chi connectivity index (χ2n) is 7.43. The van der Waals surface area contributed by atoms with Crippen LogP contribution in [-0.2, 0) is 22.4 Å². The van der Waals surface area contributed by atoms with E-state index in [2.05, 4.69) is 23.5 Å². The first kappa shape index (κ1) is 18.5. The van der Waals surface area contributed by atoms with E-state index in [1.165, 1.54) is 23.2 Å². The molecule has 0 unspecified atom stereocenters. The smallest absolute Gasteiger partial charge is 0.138 e. The molecule has 0 radical (unpaired) electrons. The van der Waals surface area contributed by atoms with Gasteiger partial charge in [-0.15, -0.1) is 0 Å². The normalized spacial score (nSPS) is 22.2. The minimum absolute atomic E-state index is 0.127. The molecule has 1 saturated heterocycles. The van der Waals surface area contributed by atoms with Crippen LogP contribution in [0.5, 0.6) is 0 Å². The molecule has 0 saturated carbocycles. The van der Waals surface area contributed by atoms with Gasteiger partial charge in [-0.25, -0.2) is 0 Å². The van der Waals surface area contributed by atoms with Gasteiger partial charge in [-0.2, -0.15) is 0 Å². The number of hydrogen-bond acceptors (Lipinski definition) is 4. The Bertz CT molecular complexity index is 851. The van der Waals surface area contributed by atoms with E-state index in [0.717, 1.165) is 30.5 Å². The number of nitrogens with one attached hydrogen (secondary N) is 1. The summed E-state index contributed by atoms with van der Waals surface area (Å²) in [4.78, 5) is 12.0. The lowest BCUT2D eigenvalue weighted by molar-refractivity contribution is -0.139. The van der Waals surface area contributed by atoms with Crippen LogP contribution < -0.4 is 5.32 Å². The molecule has 142 valence electrons. The zero-order valence-corrected chi connectivity index (χ0v) is 16.0. The number of Topliss-reactive ketones (excluding diaryl/α,β-unsaturated/α-hetero) is 1. The van der Waals surface area contributed by atoms with E-state index < -0.39 is 6.10 Å². The van der Waals surface area contributed by atoms with Gasteiger partial charge in [0.05, 0.1) is 18.8 Å². The van der Waals surface area contributed by atoms with Crippen LogP contribution in [0.3, 0.4) is 0 Å². The maximum absolute atomic E-state index is 12.0. The quantitative estimate of drug-likeness (QED) is 0.832. The molecule has 2 aromatic rings. The predicted octanol–water partition coefficient (Wildman–Crippen LogP) is 4.07. The van der Waals surface area contributed by atoms with Crippen LogP contribution in [0.4, 0.5) is 5.69 Å². The summed E-state index contributed by atoms with van der Waals surface area (Å²) >= 11 is 6.45. The number of fused-ring (bicyclic) bond motifs is 1. The molecule has 2 aromatic carbocycles. The van der Waals surface area contributed by atoms with Gasteiger partial charge in [-0.05, 0) is 53.6 Å². The highest BCUT2D eigenvalue weighted by molar-refractivity contribution is 6.31. The number of anilines is 1. The van der Waals surface area contributed by atoms with Gasteiger partial charge >= 0.3 is 0 Å².